The fraction of sp³-hybridized carbons (Fsp3) is 0.467. The van der Waals surface area contributed by atoms with Gasteiger partial charge in [0.15, 0.2) is 6.29 Å². The van der Waals surface area contributed by atoms with Crippen LogP contribution in [-0.4, -0.2) is 13.4 Å². The van der Waals surface area contributed by atoms with Gasteiger partial charge < -0.3 is 9.47 Å². The molecule has 0 aliphatic carbocycles. The van der Waals surface area contributed by atoms with E-state index < -0.39 is 0 Å². The maximum absolute atomic E-state index is 5.88. The Morgan fingerprint density at radius 3 is 2.65 bits per heavy atom. The summed E-state index contributed by atoms with van der Waals surface area (Å²) in [7, 11) is 1.68. The van der Waals surface area contributed by atoms with Gasteiger partial charge in [-0.3, -0.25) is 0 Å². The Labute approximate surface area is 104 Å². The second-order valence-electron chi connectivity index (χ2n) is 4.20. The van der Waals surface area contributed by atoms with Gasteiger partial charge in [-0.1, -0.05) is 38.1 Å². The van der Waals surface area contributed by atoms with Crippen molar-refractivity contribution in [1.29, 1.82) is 0 Å². The lowest BCUT2D eigenvalue weighted by Gasteiger charge is -2.19. The fourth-order valence-corrected chi connectivity index (χ4v) is 1.66. The van der Waals surface area contributed by atoms with E-state index in [1.54, 1.807) is 7.11 Å². The van der Waals surface area contributed by atoms with E-state index in [4.69, 9.17) is 9.47 Å². The molecule has 0 spiro atoms. The molecule has 17 heavy (non-hydrogen) atoms. The number of rotatable bonds is 7. The minimum atomic E-state index is -0.171. The molecule has 0 radical (unpaired) electrons. The van der Waals surface area contributed by atoms with Crippen molar-refractivity contribution in [3.63, 3.8) is 0 Å². The van der Waals surface area contributed by atoms with Crippen LogP contribution in [0.25, 0.3) is 5.57 Å². The lowest BCUT2D eigenvalue weighted by molar-refractivity contribution is -0.0593. The maximum Gasteiger partial charge on any atom is 0.199 e. The number of hydrogen-bond donors (Lipinski definition) is 0. The summed E-state index contributed by atoms with van der Waals surface area (Å²) in [4.78, 5) is 0. The predicted octanol–water partition coefficient (Wildman–Crippen LogP) is 4.26. The lowest BCUT2D eigenvalue weighted by Crippen LogP contribution is -2.19. The van der Waals surface area contributed by atoms with Crippen molar-refractivity contribution in [2.75, 3.05) is 7.11 Å². The van der Waals surface area contributed by atoms with Crippen LogP contribution in [-0.2, 0) is 4.74 Å². The Hall–Kier alpha value is -1.28. The molecule has 1 rings (SSSR count). The second kappa shape index (κ2) is 7.13. The SMILES string of the molecule is C=C(C)c1ccccc1OC(CCCC)OC. The van der Waals surface area contributed by atoms with E-state index >= 15 is 0 Å². The van der Waals surface area contributed by atoms with Gasteiger partial charge in [-0.2, -0.15) is 0 Å². The van der Waals surface area contributed by atoms with Crippen molar-refractivity contribution in [3.8, 4) is 5.75 Å². The van der Waals surface area contributed by atoms with Gasteiger partial charge in [0, 0.05) is 19.1 Å². The van der Waals surface area contributed by atoms with Crippen molar-refractivity contribution in [2.24, 2.45) is 0 Å². The second-order valence-corrected chi connectivity index (χ2v) is 4.20. The van der Waals surface area contributed by atoms with E-state index in [1.165, 1.54) is 0 Å². The van der Waals surface area contributed by atoms with Crippen molar-refractivity contribution < 1.29 is 9.47 Å². The molecule has 0 amide bonds. The summed E-state index contributed by atoms with van der Waals surface area (Å²) in [5.74, 6) is 0.850. The standard InChI is InChI=1S/C15H22O2/c1-5-6-11-15(16-4)17-14-10-8-7-9-13(14)12(2)3/h7-10,15H,2,5-6,11H2,1,3-4H3. The first kappa shape index (κ1) is 13.8. The number of ether oxygens (including phenoxy) is 2. The minimum Gasteiger partial charge on any atom is -0.464 e. The monoisotopic (exact) mass is 234 g/mol. The average Bonchev–Trinajstić information content (AvgIpc) is 2.34. The topological polar surface area (TPSA) is 18.5 Å². The van der Waals surface area contributed by atoms with E-state index in [2.05, 4.69) is 13.5 Å². The lowest BCUT2D eigenvalue weighted by atomic mass is 10.1. The molecule has 0 aliphatic heterocycles. The normalized spacial score (nSPS) is 12.2. The third-order valence-electron chi connectivity index (χ3n) is 2.66. The van der Waals surface area contributed by atoms with Gasteiger partial charge in [0.25, 0.3) is 0 Å². The summed E-state index contributed by atoms with van der Waals surface area (Å²) in [6.07, 6.45) is 2.99. The predicted molar refractivity (Wildman–Crippen MR) is 72.1 cm³/mol. The molecule has 1 aromatic rings. The van der Waals surface area contributed by atoms with Crippen LogP contribution in [0.5, 0.6) is 5.75 Å². The van der Waals surface area contributed by atoms with E-state index in [-0.39, 0.29) is 6.29 Å². The Bertz CT molecular complexity index is 358. The van der Waals surface area contributed by atoms with Gasteiger partial charge in [-0.25, -0.2) is 0 Å². The van der Waals surface area contributed by atoms with Gasteiger partial charge in [-0.15, -0.1) is 0 Å². The van der Waals surface area contributed by atoms with Crippen LogP contribution in [0.15, 0.2) is 30.8 Å². The summed E-state index contributed by atoms with van der Waals surface area (Å²) in [5.41, 5.74) is 2.05. The van der Waals surface area contributed by atoms with Gasteiger partial charge in [-0.05, 0) is 25.0 Å². The molecule has 0 heterocycles. The first-order chi connectivity index (χ1) is 8.19. The number of benzene rings is 1. The summed E-state index contributed by atoms with van der Waals surface area (Å²) < 4.78 is 11.2. The molecule has 0 saturated heterocycles. The van der Waals surface area contributed by atoms with Crippen LogP contribution in [0.3, 0.4) is 0 Å². The highest BCUT2D eigenvalue weighted by Crippen LogP contribution is 2.26. The highest BCUT2D eigenvalue weighted by molar-refractivity contribution is 5.66. The Kier molecular flexibility index (Phi) is 5.78. The molecule has 2 nitrogen and oxygen atoms in total. The van der Waals surface area contributed by atoms with Crippen LogP contribution >= 0.6 is 0 Å². The molecular formula is C15H22O2. The van der Waals surface area contributed by atoms with Crippen LogP contribution < -0.4 is 4.74 Å². The molecular weight excluding hydrogens is 212 g/mol. The van der Waals surface area contributed by atoms with Crippen LogP contribution in [0, 0.1) is 0 Å². The van der Waals surface area contributed by atoms with Crippen molar-refractivity contribution in [3.05, 3.63) is 36.4 Å². The fourth-order valence-electron chi connectivity index (χ4n) is 1.66. The summed E-state index contributed by atoms with van der Waals surface area (Å²) in [6.45, 7) is 8.10. The van der Waals surface area contributed by atoms with Crippen LogP contribution in [0.4, 0.5) is 0 Å². The smallest absolute Gasteiger partial charge is 0.199 e. The van der Waals surface area contributed by atoms with Crippen LogP contribution in [0.1, 0.15) is 38.7 Å². The average molecular weight is 234 g/mol. The third-order valence-corrected chi connectivity index (χ3v) is 2.66. The Morgan fingerprint density at radius 2 is 2.06 bits per heavy atom. The summed E-state index contributed by atoms with van der Waals surface area (Å²) in [5, 5.41) is 0. The molecule has 1 unspecified atom stereocenters. The molecule has 1 aromatic carbocycles. The van der Waals surface area contributed by atoms with Crippen LogP contribution in [0.2, 0.25) is 0 Å². The van der Waals surface area contributed by atoms with E-state index in [0.29, 0.717) is 0 Å². The van der Waals surface area contributed by atoms with E-state index in [1.807, 2.05) is 31.2 Å². The van der Waals surface area contributed by atoms with E-state index in [9.17, 15) is 0 Å². The quantitative estimate of drug-likeness (QED) is 0.656. The number of unbranched alkanes of at least 4 members (excludes halogenated alkanes) is 1. The number of methoxy groups -OCH3 is 1. The molecule has 0 saturated carbocycles. The zero-order valence-electron chi connectivity index (χ0n) is 11.0. The maximum atomic E-state index is 5.88. The molecule has 1 atom stereocenters. The number of allylic oxidation sites excluding steroid dienone is 1. The van der Waals surface area contributed by atoms with Crippen molar-refractivity contribution >= 4 is 5.57 Å². The van der Waals surface area contributed by atoms with Crippen molar-refractivity contribution in [2.45, 2.75) is 39.4 Å². The van der Waals surface area contributed by atoms with Crippen molar-refractivity contribution in [1.82, 2.24) is 0 Å². The molecule has 2 heteroatoms. The van der Waals surface area contributed by atoms with Gasteiger partial charge >= 0.3 is 0 Å². The summed E-state index contributed by atoms with van der Waals surface area (Å²) in [6, 6.07) is 7.94. The minimum absolute atomic E-state index is 0.171. The molecule has 0 fully saturated rings. The molecule has 0 N–H and O–H groups in total. The molecule has 0 aromatic heterocycles. The summed E-state index contributed by atoms with van der Waals surface area (Å²) >= 11 is 0. The zero-order valence-corrected chi connectivity index (χ0v) is 11.0. The number of hydrogen-bond acceptors (Lipinski definition) is 2. The zero-order chi connectivity index (χ0) is 12.7. The van der Waals surface area contributed by atoms with Gasteiger partial charge in [0.05, 0.1) is 0 Å². The van der Waals surface area contributed by atoms with Gasteiger partial charge in [0.2, 0.25) is 0 Å². The molecule has 0 aliphatic rings. The first-order valence-electron chi connectivity index (χ1n) is 6.13. The highest BCUT2D eigenvalue weighted by atomic mass is 16.7. The Balaban J connectivity index is 2.75. The Morgan fingerprint density at radius 1 is 1.35 bits per heavy atom. The largest absolute Gasteiger partial charge is 0.464 e. The number of para-hydroxylation sites is 1. The third kappa shape index (κ3) is 4.23. The van der Waals surface area contributed by atoms with E-state index in [0.717, 1.165) is 36.1 Å². The molecule has 0 bridgehead atoms. The molecule has 94 valence electrons. The van der Waals surface area contributed by atoms with Gasteiger partial charge in [0.1, 0.15) is 5.75 Å². The highest BCUT2D eigenvalue weighted by Gasteiger charge is 2.11. The first-order valence-corrected chi connectivity index (χ1v) is 6.13.